The second-order valence-electron chi connectivity index (χ2n) is 3.38. The topological polar surface area (TPSA) is 54.2 Å². The maximum absolute atomic E-state index is 4.25. The van der Waals surface area contributed by atoms with Gasteiger partial charge in [-0.2, -0.15) is 9.89 Å². The third-order valence-electron chi connectivity index (χ3n) is 2.36. The summed E-state index contributed by atoms with van der Waals surface area (Å²) in [5, 5.41) is 8.50. The zero-order chi connectivity index (χ0) is 10.1. The van der Waals surface area contributed by atoms with Crippen molar-refractivity contribution in [2.45, 2.75) is 0 Å². The maximum Gasteiger partial charge on any atom is 0.212 e. The van der Waals surface area contributed by atoms with Crippen molar-refractivity contribution >= 4 is 29.3 Å². The molecule has 0 aliphatic carbocycles. The summed E-state index contributed by atoms with van der Waals surface area (Å²) in [6.07, 6.45) is 1.83. The number of benzene rings is 1. The number of nitrogens with zero attached hydrogens (tertiary/aromatic N) is 3. The van der Waals surface area contributed by atoms with E-state index < -0.39 is 0 Å². The van der Waals surface area contributed by atoms with Crippen molar-refractivity contribution in [1.29, 1.82) is 0 Å². The molecule has 1 aromatic carbocycles. The van der Waals surface area contributed by atoms with Gasteiger partial charge in [0.15, 0.2) is 0 Å². The van der Waals surface area contributed by atoms with Crippen molar-refractivity contribution in [3.05, 3.63) is 30.5 Å². The van der Waals surface area contributed by atoms with Crippen molar-refractivity contribution < 1.29 is 0 Å². The lowest BCUT2D eigenvalue weighted by Gasteiger charge is -2.06. The Morgan fingerprint density at radius 1 is 1.31 bits per heavy atom. The lowest BCUT2D eigenvalue weighted by molar-refractivity contribution is 0.831. The number of rotatable bonds is 1. The molecule has 0 spiro atoms. The second kappa shape index (κ2) is 4.40. The molecule has 0 atom stereocenters. The maximum atomic E-state index is 4.25. The number of hydrogen-bond acceptors (Lipinski definition) is 4. The van der Waals surface area contributed by atoms with Crippen LogP contribution in [0.1, 0.15) is 0 Å². The molecule has 0 amide bonds. The fourth-order valence-corrected chi connectivity index (χ4v) is 1.63. The van der Waals surface area contributed by atoms with E-state index in [0.29, 0.717) is 0 Å². The Morgan fingerprint density at radius 3 is 3.00 bits per heavy atom. The highest BCUT2D eigenvalue weighted by Gasteiger charge is 2.06. The number of nitrogens with one attached hydrogen (secondary N) is 2. The van der Waals surface area contributed by atoms with Crippen LogP contribution in [-0.4, -0.2) is 28.9 Å². The van der Waals surface area contributed by atoms with Gasteiger partial charge in [0, 0.05) is 11.9 Å². The highest BCUT2D eigenvalue weighted by atomic mass is 35.5. The lowest BCUT2D eigenvalue weighted by Crippen LogP contribution is -2.32. The summed E-state index contributed by atoms with van der Waals surface area (Å²) in [5.74, 6) is 0.781. The van der Waals surface area contributed by atoms with Gasteiger partial charge in [0.1, 0.15) is 0 Å². The summed E-state index contributed by atoms with van der Waals surface area (Å²) in [4.78, 5) is 5.98. The van der Waals surface area contributed by atoms with E-state index >= 15 is 0 Å². The van der Waals surface area contributed by atoms with Crippen LogP contribution in [-0.2, 0) is 0 Å². The molecule has 0 unspecified atom stereocenters. The molecule has 2 heterocycles. The predicted molar refractivity (Wildman–Crippen MR) is 66.6 cm³/mol. The molecule has 1 aromatic heterocycles. The first kappa shape index (κ1) is 10.8. The fraction of sp³-hybridized carbons (Fsp3) is 0.200. The van der Waals surface area contributed by atoms with E-state index in [1.807, 2.05) is 30.5 Å². The minimum Gasteiger partial charge on any atom is -0.353 e. The summed E-state index contributed by atoms with van der Waals surface area (Å²) in [6.45, 7) is 1.71. The van der Waals surface area contributed by atoms with E-state index in [1.54, 1.807) is 4.79 Å². The number of aromatic nitrogens is 2. The van der Waals surface area contributed by atoms with Crippen molar-refractivity contribution in [3.63, 3.8) is 0 Å². The van der Waals surface area contributed by atoms with Gasteiger partial charge in [-0.25, -0.2) is 10.4 Å². The Labute approximate surface area is 98.9 Å². The van der Waals surface area contributed by atoms with Crippen LogP contribution < -0.4 is 10.7 Å². The molecular formula is C10H12ClN5. The molecule has 2 aromatic rings. The van der Waals surface area contributed by atoms with Gasteiger partial charge in [-0.05, 0) is 6.07 Å². The van der Waals surface area contributed by atoms with E-state index in [4.69, 9.17) is 0 Å². The van der Waals surface area contributed by atoms with Crippen molar-refractivity contribution in [2.24, 2.45) is 4.99 Å². The summed E-state index contributed by atoms with van der Waals surface area (Å²) < 4.78 is 0. The van der Waals surface area contributed by atoms with Crippen LogP contribution >= 0.6 is 12.4 Å². The van der Waals surface area contributed by atoms with Gasteiger partial charge in [-0.15, -0.1) is 12.4 Å². The van der Waals surface area contributed by atoms with Gasteiger partial charge in [0.05, 0.1) is 18.3 Å². The van der Waals surface area contributed by atoms with Crippen LogP contribution in [0.5, 0.6) is 0 Å². The number of hydrogen-bond donors (Lipinski definition) is 2. The van der Waals surface area contributed by atoms with Crippen LogP contribution in [0.3, 0.4) is 0 Å². The summed E-state index contributed by atoms with van der Waals surface area (Å²) >= 11 is 0. The highest BCUT2D eigenvalue weighted by Crippen LogP contribution is 2.10. The van der Waals surface area contributed by atoms with E-state index in [1.165, 1.54) is 0 Å². The molecule has 1 aliphatic rings. The largest absolute Gasteiger partial charge is 0.353 e. The quantitative estimate of drug-likeness (QED) is 0.777. The minimum atomic E-state index is 0. The molecule has 3 rings (SSSR count). The molecule has 0 fully saturated rings. The molecule has 0 radical (unpaired) electrons. The van der Waals surface area contributed by atoms with Gasteiger partial charge >= 0.3 is 0 Å². The normalized spacial score (nSPS) is 14.1. The third kappa shape index (κ3) is 1.81. The number of para-hydroxylation sites is 1. The van der Waals surface area contributed by atoms with Gasteiger partial charge in [-0.3, -0.25) is 0 Å². The van der Waals surface area contributed by atoms with Crippen LogP contribution in [0.4, 0.5) is 0 Å². The summed E-state index contributed by atoms with van der Waals surface area (Å²) in [5.41, 5.74) is 4.16. The van der Waals surface area contributed by atoms with E-state index in [2.05, 4.69) is 20.8 Å². The molecule has 5 nitrogen and oxygen atoms in total. The fourth-order valence-electron chi connectivity index (χ4n) is 1.63. The van der Waals surface area contributed by atoms with Crippen LogP contribution in [0, 0.1) is 0 Å². The van der Waals surface area contributed by atoms with Crippen molar-refractivity contribution in [2.75, 3.05) is 18.5 Å². The smallest absolute Gasteiger partial charge is 0.212 e. The number of guanidine groups is 1. The molecule has 6 heteroatoms. The SMILES string of the molecule is Cl.c1ccc2c(c1)cnn2NC1=NCCN1. The summed E-state index contributed by atoms with van der Waals surface area (Å²) in [7, 11) is 0. The Hall–Kier alpha value is -1.75. The second-order valence-corrected chi connectivity index (χ2v) is 3.38. The summed E-state index contributed by atoms with van der Waals surface area (Å²) in [6, 6.07) is 8.04. The Balaban J connectivity index is 0.000000963. The standard InChI is InChI=1S/C10H11N5.ClH/c1-2-4-9-8(3-1)7-13-15(9)14-10-11-5-6-12-10;/h1-4,7H,5-6H2,(H2,11,12,14);1H. The zero-order valence-electron chi connectivity index (χ0n) is 8.55. The average Bonchev–Trinajstić information content (AvgIpc) is 2.89. The minimum absolute atomic E-state index is 0. The highest BCUT2D eigenvalue weighted by molar-refractivity contribution is 5.90. The van der Waals surface area contributed by atoms with E-state index in [0.717, 1.165) is 30.0 Å². The average molecular weight is 238 g/mol. The zero-order valence-corrected chi connectivity index (χ0v) is 9.37. The first-order valence-electron chi connectivity index (χ1n) is 4.91. The van der Waals surface area contributed by atoms with Crippen LogP contribution in [0.15, 0.2) is 35.5 Å². The predicted octanol–water partition coefficient (Wildman–Crippen LogP) is 0.961. The van der Waals surface area contributed by atoms with Crippen LogP contribution in [0.25, 0.3) is 10.9 Å². The number of fused-ring (bicyclic) bond motifs is 1. The first-order chi connectivity index (χ1) is 7.43. The molecule has 16 heavy (non-hydrogen) atoms. The molecular weight excluding hydrogens is 226 g/mol. The van der Waals surface area contributed by atoms with Gasteiger partial charge in [-0.1, -0.05) is 18.2 Å². The number of aliphatic imine (C=N–C) groups is 1. The van der Waals surface area contributed by atoms with E-state index in [-0.39, 0.29) is 12.4 Å². The Morgan fingerprint density at radius 2 is 2.19 bits per heavy atom. The van der Waals surface area contributed by atoms with Crippen molar-refractivity contribution in [1.82, 2.24) is 15.2 Å². The molecule has 0 saturated heterocycles. The lowest BCUT2D eigenvalue weighted by atomic mass is 10.3. The molecule has 84 valence electrons. The third-order valence-corrected chi connectivity index (χ3v) is 2.36. The molecule has 0 bridgehead atoms. The van der Waals surface area contributed by atoms with Gasteiger partial charge in [0.2, 0.25) is 5.96 Å². The van der Waals surface area contributed by atoms with Gasteiger partial charge in [0.25, 0.3) is 0 Å². The van der Waals surface area contributed by atoms with E-state index in [9.17, 15) is 0 Å². The molecule has 1 aliphatic heterocycles. The molecule has 2 N–H and O–H groups in total. The molecule has 0 saturated carbocycles. The Bertz CT molecular complexity index is 519. The van der Waals surface area contributed by atoms with Crippen LogP contribution in [0.2, 0.25) is 0 Å². The monoisotopic (exact) mass is 237 g/mol. The van der Waals surface area contributed by atoms with Crippen molar-refractivity contribution in [3.8, 4) is 0 Å². The first-order valence-corrected chi connectivity index (χ1v) is 4.91. The Kier molecular flexibility index (Phi) is 2.96. The number of halogens is 1. The van der Waals surface area contributed by atoms with Gasteiger partial charge < -0.3 is 5.32 Å².